The zero-order chi connectivity index (χ0) is 14.3. The van der Waals surface area contributed by atoms with Crippen molar-refractivity contribution in [2.75, 3.05) is 19.7 Å². The van der Waals surface area contributed by atoms with E-state index >= 15 is 0 Å². The summed E-state index contributed by atoms with van der Waals surface area (Å²) < 4.78 is 5.01. The molecule has 4 nitrogen and oxygen atoms in total. The Morgan fingerprint density at radius 1 is 1.42 bits per heavy atom. The van der Waals surface area contributed by atoms with Crippen molar-refractivity contribution >= 4 is 5.97 Å². The summed E-state index contributed by atoms with van der Waals surface area (Å²) in [5.41, 5.74) is 5.19. The van der Waals surface area contributed by atoms with E-state index < -0.39 is 5.54 Å². The van der Waals surface area contributed by atoms with Gasteiger partial charge in [0.05, 0.1) is 6.61 Å². The second-order valence-corrected chi connectivity index (χ2v) is 5.98. The molecule has 112 valence electrons. The zero-order valence-electron chi connectivity index (χ0n) is 12.8. The van der Waals surface area contributed by atoms with E-state index in [0.29, 0.717) is 19.1 Å². The maximum atomic E-state index is 11.7. The Morgan fingerprint density at radius 3 is 2.84 bits per heavy atom. The lowest BCUT2D eigenvalue weighted by atomic mass is 9.97. The van der Waals surface area contributed by atoms with E-state index in [2.05, 4.69) is 11.8 Å². The Bertz CT molecular complexity index is 279. The first-order valence-electron chi connectivity index (χ1n) is 7.67. The number of nitrogens with zero attached hydrogens (tertiary/aromatic N) is 1. The summed E-state index contributed by atoms with van der Waals surface area (Å²) >= 11 is 0. The molecule has 1 aliphatic heterocycles. The molecule has 2 atom stereocenters. The first-order chi connectivity index (χ1) is 8.97. The van der Waals surface area contributed by atoms with E-state index in [-0.39, 0.29) is 5.97 Å². The van der Waals surface area contributed by atoms with Crippen molar-refractivity contribution in [2.45, 2.75) is 70.9 Å². The van der Waals surface area contributed by atoms with Gasteiger partial charge in [-0.25, -0.2) is 0 Å². The second kappa shape index (κ2) is 7.85. The van der Waals surface area contributed by atoms with Crippen LogP contribution in [-0.2, 0) is 9.53 Å². The molecule has 1 fully saturated rings. The van der Waals surface area contributed by atoms with Crippen LogP contribution in [0.2, 0.25) is 0 Å². The summed E-state index contributed by atoms with van der Waals surface area (Å²) in [4.78, 5) is 14.2. The molecule has 0 aromatic rings. The Hall–Kier alpha value is -0.610. The van der Waals surface area contributed by atoms with Crippen LogP contribution in [0.5, 0.6) is 0 Å². The second-order valence-electron chi connectivity index (χ2n) is 5.98. The Kier molecular flexibility index (Phi) is 6.80. The van der Waals surface area contributed by atoms with E-state index in [1.165, 1.54) is 32.2 Å². The lowest BCUT2D eigenvalue weighted by Gasteiger charge is -2.28. The van der Waals surface area contributed by atoms with Crippen molar-refractivity contribution in [3.63, 3.8) is 0 Å². The van der Waals surface area contributed by atoms with Gasteiger partial charge in [-0.3, -0.25) is 4.79 Å². The molecule has 1 saturated heterocycles. The fraction of sp³-hybridized carbons (Fsp3) is 0.933. The summed E-state index contributed by atoms with van der Waals surface area (Å²) in [6.45, 7) is 8.51. The van der Waals surface area contributed by atoms with E-state index in [0.717, 1.165) is 13.0 Å². The normalized spacial score (nSPS) is 24.5. The molecular formula is C15H30N2O2. The highest BCUT2D eigenvalue weighted by Crippen LogP contribution is 2.18. The van der Waals surface area contributed by atoms with Crippen molar-refractivity contribution in [1.82, 2.24) is 4.90 Å². The monoisotopic (exact) mass is 270 g/mol. The largest absolute Gasteiger partial charge is 0.465 e. The van der Waals surface area contributed by atoms with Crippen molar-refractivity contribution in [3.8, 4) is 0 Å². The predicted octanol–water partition coefficient (Wildman–Crippen LogP) is 2.31. The molecule has 0 amide bonds. The van der Waals surface area contributed by atoms with Crippen LogP contribution in [0.15, 0.2) is 0 Å². The van der Waals surface area contributed by atoms with Gasteiger partial charge < -0.3 is 15.4 Å². The minimum absolute atomic E-state index is 0.279. The van der Waals surface area contributed by atoms with E-state index in [1.54, 1.807) is 6.92 Å². The molecule has 0 aromatic carbocycles. The van der Waals surface area contributed by atoms with Crippen LogP contribution in [-0.4, -0.2) is 42.1 Å². The molecule has 19 heavy (non-hydrogen) atoms. The fourth-order valence-electron chi connectivity index (χ4n) is 2.71. The standard InChI is InChI=1S/C15H30N2O2/c1-4-19-14(18)15(3,16)10-8-12-17-11-7-5-6-9-13(17)2/h13H,4-12,16H2,1-3H3. The number of carbonyl (C=O) groups is 1. The minimum Gasteiger partial charge on any atom is -0.465 e. The summed E-state index contributed by atoms with van der Waals surface area (Å²) in [6.07, 6.45) is 6.92. The van der Waals surface area contributed by atoms with E-state index in [9.17, 15) is 4.79 Å². The zero-order valence-corrected chi connectivity index (χ0v) is 12.8. The van der Waals surface area contributed by atoms with Gasteiger partial charge in [0.25, 0.3) is 0 Å². The number of esters is 1. The number of hydrogen-bond acceptors (Lipinski definition) is 4. The Morgan fingerprint density at radius 2 is 2.16 bits per heavy atom. The van der Waals surface area contributed by atoms with Crippen LogP contribution >= 0.6 is 0 Å². The molecule has 4 heteroatoms. The van der Waals surface area contributed by atoms with Crippen LogP contribution in [0.1, 0.15) is 59.3 Å². The fourth-order valence-corrected chi connectivity index (χ4v) is 2.71. The van der Waals surface area contributed by atoms with Crippen LogP contribution in [0.4, 0.5) is 0 Å². The van der Waals surface area contributed by atoms with Gasteiger partial charge in [0, 0.05) is 6.04 Å². The lowest BCUT2D eigenvalue weighted by Crippen LogP contribution is -2.46. The van der Waals surface area contributed by atoms with Crippen molar-refractivity contribution in [2.24, 2.45) is 5.73 Å². The molecule has 0 saturated carbocycles. The highest BCUT2D eigenvalue weighted by molar-refractivity contribution is 5.79. The number of nitrogens with two attached hydrogens (primary N) is 1. The Balaban J connectivity index is 2.33. The quantitative estimate of drug-likeness (QED) is 0.753. The summed E-state index contributed by atoms with van der Waals surface area (Å²) in [7, 11) is 0. The highest BCUT2D eigenvalue weighted by Gasteiger charge is 2.29. The van der Waals surface area contributed by atoms with Crippen molar-refractivity contribution < 1.29 is 9.53 Å². The van der Waals surface area contributed by atoms with Gasteiger partial charge in [0.2, 0.25) is 0 Å². The van der Waals surface area contributed by atoms with Gasteiger partial charge in [-0.15, -0.1) is 0 Å². The van der Waals surface area contributed by atoms with Gasteiger partial charge in [-0.05, 0) is 59.5 Å². The molecule has 0 aliphatic carbocycles. The first kappa shape index (κ1) is 16.4. The Labute approximate surface area is 117 Å². The summed E-state index contributed by atoms with van der Waals surface area (Å²) in [5.74, 6) is -0.279. The van der Waals surface area contributed by atoms with Gasteiger partial charge in [-0.2, -0.15) is 0 Å². The summed E-state index contributed by atoms with van der Waals surface area (Å²) in [6, 6.07) is 0.661. The highest BCUT2D eigenvalue weighted by atomic mass is 16.5. The average Bonchev–Trinajstić information content (AvgIpc) is 2.55. The molecule has 0 radical (unpaired) electrons. The van der Waals surface area contributed by atoms with Crippen LogP contribution in [0.25, 0.3) is 0 Å². The van der Waals surface area contributed by atoms with Crippen molar-refractivity contribution in [3.05, 3.63) is 0 Å². The smallest absolute Gasteiger partial charge is 0.325 e. The third-order valence-corrected chi connectivity index (χ3v) is 4.07. The number of hydrogen-bond donors (Lipinski definition) is 1. The van der Waals surface area contributed by atoms with E-state index in [4.69, 9.17) is 10.5 Å². The molecule has 0 aromatic heterocycles. The van der Waals surface area contributed by atoms with Crippen LogP contribution in [0.3, 0.4) is 0 Å². The van der Waals surface area contributed by atoms with Gasteiger partial charge in [0.1, 0.15) is 5.54 Å². The maximum absolute atomic E-state index is 11.7. The molecular weight excluding hydrogens is 240 g/mol. The topological polar surface area (TPSA) is 55.6 Å². The molecule has 1 heterocycles. The molecule has 1 aliphatic rings. The van der Waals surface area contributed by atoms with Crippen LogP contribution in [0, 0.1) is 0 Å². The SMILES string of the molecule is CCOC(=O)C(C)(N)CCCN1CCCCCC1C. The van der Waals surface area contributed by atoms with Crippen LogP contribution < -0.4 is 5.73 Å². The minimum atomic E-state index is -0.842. The predicted molar refractivity (Wildman–Crippen MR) is 78.0 cm³/mol. The van der Waals surface area contributed by atoms with E-state index in [1.807, 2.05) is 6.92 Å². The molecule has 2 unspecified atom stereocenters. The number of ether oxygens (including phenoxy) is 1. The molecule has 2 N–H and O–H groups in total. The lowest BCUT2D eigenvalue weighted by molar-refractivity contribution is -0.149. The number of likely N-dealkylation sites (tertiary alicyclic amines) is 1. The molecule has 0 bridgehead atoms. The average molecular weight is 270 g/mol. The van der Waals surface area contributed by atoms with Gasteiger partial charge in [-0.1, -0.05) is 12.8 Å². The number of carbonyl (C=O) groups excluding carboxylic acids is 1. The molecule has 1 rings (SSSR count). The summed E-state index contributed by atoms with van der Waals surface area (Å²) in [5, 5.41) is 0. The van der Waals surface area contributed by atoms with Gasteiger partial charge in [0.15, 0.2) is 0 Å². The van der Waals surface area contributed by atoms with Gasteiger partial charge >= 0.3 is 5.97 Å². The first-order valence-corrected chi connectivity index (χ1v) is 7.67. The molecule has 0 spiro atoms. The maximum Gasteiger partial charge on any atom is 0.325 e. The third-order valence-electron chi connectivity index (χ3n) is 4.07. The third kappa shape index (κ3) is 5.49. The number of rotatable bonds is 6. The van der Waals surface area contributed by atoms with Crippen molar-refractivity contribution in [1.29, 1.82) is 0 Å².